The third kappa shape index (κ3) is 7.42. The smallest absolute Gasteiger partial charge is 0.238 e. The van der Waals surface area contributed by atoms with Gasteiger partial charge in [0.05, 0.1) is 24.1 Å². The summed E-state index contributed by atoms with van der Waals surface area (Å²) in [4.78, 5) is -0.0485. The van der Waals surface area contributed by atoms with E-state index < -0.39 is 10.0 Å². The van der Waals surface area contributed by atoms with E-state index in [-0.39, 0.29) is 4.90 Å². The van der Waals surface area contributed by atoms with Crippen LogP contribution >= 0.6 is 15.9 Å². The van der Waals surface area contributed by atoms with Crippen LogP contribution in [-0.2, 0) is 16.6 Å². The van der Waals surface area contributed by atoms with Crippen LogP contribution < -0.4 is 9.88 Å². The number of halogens is 1. The van der Waals surface area contributed by atoms with E-state index in [1.807, 2.05) is 38.1 Å². The first-order chi connectivity index (χ1) is 14.8. The van der Waals surface area contributed by atoms with Gasteiger partial charge in [-0.05, 0) is 56.2 Å². The Morgan fingerprint density at radius 3 is 2.26 bits per heavy atom. The van der Waals surface area contributed by atoms with Crippen LogP contribution in [0.4, 0.5) is 0 Å². The highest BCUT2D eigenvalue weighted by Crippen LogP contribution is 2.32. The van der Waals surface area contributed by atoms with Crippen molar-refractivity contribution in [3.63, 3.8) is 0 Å². The number of tetrazole rings is 1. The monoisotopic (exact) mass is 507 g/mol. The molecule has 0 fully saturated rings. The Hall–Kier alpha value is -2.82. The van der Waals surface area contributed by atoms with Gasteiger partial charge in [0.15, 0.2) is 5.82 Å². The van der Waals surface area contributed by atoms with Gasteiger partial charge in [0, 0.05) is 4.47 Å². The van der Waals surface area contributed by atoms with Crippen molar-refractivity contribution in [3.8, 4) is 17.1 Å². The average molecular weight is 508 g/mol. The van der Waals surface area contributed by atoms with Crippen molar-refractivity contribution in [2.75, 3.05) is 7.11 Å². The average Bonchev–Trinajstić information content (AvgIpc) is 3.22. The fourth-order valence-electron chi connectivity index (χ4n) is 2.35. The standard InChI is InChI=1S/C15H14BrN5O3S.C4H6.C2H6/c1-24-11-7-5-10(6-8-11)9-21-15(18-19-20-21)14-12(16)3-2-4-13(14)25(17,22)23;1-3-4-2;1-2/h2-8H,9H2,1H3,(H2,17,22,23);3-4H,1-2H2;1-2H3. The molecule has 10 heteroatoms. The van der Waals surface area contributed by atoms with Crippen LogP contribution in [0.1, 0.15) is 19.4 Å². The van der Waals surface area contributed by atoms with Gasteiger partial charge in [0.1, 0.15) is 5.75 Å². The molecule has 2 aromatic carbocycles. The summed E-state index contributed by atoms with van der Waals surface area (Å²) in [6.45, 7) is 11.1. The van der Waals surface area contributed by atoms with Crippen LogP contribution in [0, 0.1) is 0 Å². The number of aromatic nitrogens is 4. The Kier molecular flexibility index (Phi) is 10.8. The van der Waals surface area contributed by atoms with Crippen molar-refractivity contribution in [1.29, 1.82) is 0 Å². The van der Waals surface area contributed by atoms with Crippen molar-refractivity contribution < 1.29 is 13.2 Å². The Morgan fingerprint density at radius 1 is 1.13 bits per heavy atom. The first-order valence-corrected chi connectivity index (χ1v) is 11.6. The topological polar surface area (TPSA) is 113 Å². The maximum Gasteiger partial charge on any atom is 0.238 e. The normalized spacial score (nSPS) is 10.1. The number of nitrogens with two attached hydrogens (primary N) is 1. The molecule has 2 N–H and O–H groups in total. The highest BCUT2D eigenvalue weighted by molar-refractivity contribution is 9.10. The van der Waals surface area contributed by atoms with E-state index in [4.69, 9.17) is 9.88 Å². The summed E-state index contributed by atoms with van der Waals surface area (Å²) in [7, 11) is -2.34. The van der Waals surface area contributed by atoms with Crippen LogP contribution in [0.2, 0.25) is 0 Å². The number of rotatable bonds is 6. The Bertz CT molecular complexity index is 1090. The molecule has 0 aliphatic carbocycles. The third-order valence-corrected chi connectivity index (χ3v) is 5.31. The van der Waals surface area contributed by atoms with Crippen LogP contribution in [0.25, 0.3) is 11.4 Å². The minimum absolute atomic E-state index is 0.0485. The van der Waals surface area contributed by atoms with E-state index in [9.17, 15) is 8.42 Å². The quantitative estimate of drug-likeness (QED) is 0.500. The molecular weight excluding hydrogens is 482 g/mol. The SMILES string of the molecule is C=CC=C.CC.COc1ccc(Cn2nnnc2-c2c(Br)cccc2S(N)(=O)=O)cc1. The Balaban J connectivity index is 0.000000720. The summed E-state index contributed by atoms with van der Waals surface area (Å²) >= 11 is 3.35. The van der Waals surface area contributed by atoms with Gasteiger partial charge >= 0.3 is 0 Å². The third-order valence-electron chi connectivity index (χ3n) is 3.70. The molecule has 1 heterocycles. The van der Waals surface area contributed by atoms with Gasteiger partial charge in [-0.3, -0.25) is 0 Å². The molecule has 31 heavy (non-hydrogen) atoms. The van der Waals surface area contributed by atoms with Crippen molar-refractivity contribution >= 4 is 26.0 Å². The van der Waals surface area contributed by atoms with Crippen molar-refractivity contribution in [2.45, 2.75) is 25.3 Å². The molecule has 0 radical (unpaired) electrons. The van der Waals surface area contributed by atoms with Gasteiger partial charge in [-0.15, -0.1) is 5.10 Å². The fourth-order valence-corrected chi connectivity index (χ4v) is 3.78. The minimum atomic E-state index is -3.94. The second-order valence-electron chi connectivity index (χ2n) is 5.64. The number of sulfonamides is 1. The van der Waals surface area contributed by atoms with E-state index in [0.29, 0.717) is 22.4 Å². The summed E-state index contributed by atoms with van der Waals surface area (Å²) in [5.74, 6) is 1.04. The molecule has 0 saturated heterocycles. The molecular formula is C21H26BrN5O3S. The van der Waals surface area contributed by atoms with Crippen molar-refractivity contribution in [1.82, 2.24) is 20.2 Å². The predicted octanol–water partition coefficient (Wildman–Crippen LogP) is 4.19. The molecule has 0 bridgehead atoms. The number of allylic oxidation sites excluding steroid dienone is 2. The molecule has 0 aliphatic rings. The highest BCUT2D eigenvalue weighted by Gasteiger charge is 2.22. The molecule has 3 aromatic rings. The summed E-state index contributed by atoms with van der Waals surface area (Å²) in [6, 6.07) is 12.1. The summed E-state index contributed by atoms with van der Waals surface area (Å²) in [6.07, 6.45) is 3.28. The zero-order chi connectivity index (χ0) is 23.4. The van der Waals surface area contributed by atoms with Gasteiger partial charge in [0.25, 0.3) is 0 Å². The molecule has 3 rings (SSSR count). The summed E-state index contributed by atoms with van der Waals surface area (Å²) < 4.78 is 31.0. The van der Waals surface area contributed by atoms with Gasteiger partial charge in [-0.1, -0.05) is 57.4 Å². The number of hydrogen-bond donors (Lipinski definition) is 1. The first-order valence-electron chi connectivity index (χ1n) is 9.26. The number of benzene rings is 2. The Labute approximate surface area is 191 Å². The molecule has 1 aromatic heterocycles. The maximum atomic E-state index is 11.9. The molecule has 0 amide bonds. The molecule has 8 nitrogen and oxygen atoms in total. The zero-order valence-electron chi connectivity index (χ0n) is 17.7. The van der Waals surface area contributed by atoms with Crippen LogP contribution in [-0.4, -0.2) is 35.7 Å². The van der Waals surface area contributed by atoms with E-state index in [0.717, 1.165) is 11.3 Å². The lowest BCUT2D eigenvalue weighted by atomic mass is 10.2. The van der Waals surface area contributed by atoms with Crippen molar-refractivity contribution in [2.24, 2.45) is 5.14 Å². The molecule has 166 valence electrons. The Morgan fingerprint density at radius 2 is 1.74 bits per heavy atom. The molecule has 0 atom stereocenters. The number of ether oxygens (including phenoxy) is 1. The predicted molar refractivity (Wildman–Crippen MR) is 126 cm³/mol. The minimum Gasteiger partial charge on any atom is -0.497 e. The largest absolute Gasteiger partial charge is 0.497 e. The van der Waals surface area contributed by atoms with Crippen LogP contribution in [0.5, 0.6) is 5.75 Å². The lowest BCUT2D eigenvalue weighted by molar-refractivity contribution is 0.414. The van der Waals surface area contributed by atoms with Crippen molar-refractivity contribution in [3.05, 3.63) is 77.8 Å². The van der Waals surface area contributed by atoms with E-state index in [1.54, 1.807) is 31.4 Å². The van der Waals surface area contributed by atoms with E-state index in [1.165, 1.54) is 10.7 Å². The fraction of sp³-hybridized carbons (Fsp3) is 0.190. The lowest BCUT2D eigenvalue weighted by Gasteiger charge is -2.10. The summed E-state index contributed by atoms with van der Waals surface area (Å²) in [5.41, 5.74) is 1.25. The molecule has 0 spiro atoms. The number of nitrogens with zero attached hydrogens (tertiary/aromatic N) is 4. The van der Waals surface area contributed by atoms with Crippen LogP contribution in [0.3, 0.4) is 0 Å². The number of primary sulfonamides is 1. The van der Waals surface area contributed by atoms with Gasteiger partial charge in [-0.25, -0.2) is 18.2 Å². The zero-order valence-corrected chi connectivity index (χ0v) is 20.1. The first kappa shape index (κ1) is 26.2. The lowest BCUT2D eigenvalue weighted by Crippen LogP contribution is -2.15. The molecule has 0 unspecified atom stereocenters. The molecule has 0 aliphatic heterocycles. The number of hydrogen-bond acceptors (Lipinski definition) is 6. The highest BCUT2D eigenvalue weighted by atomic mass is 79.9. The van der Waals surface area contributed by atoms with Crippen LogP contribution in [0.15, 0.2) is 77.1 Å². The maximum absolute atomic E-state index is 11.9. The molecule has 0 saturated carbocycles. The second kappa shape index (κ2) is 12.8. The second-order valence-corrected chi connectivity index (χ2v) is 8.02. The number of methoxy groups -OCH3 is 1. The van der Waals surface area contributed by atoms with Gasteiger partial charge < -0.3 is 4.74 Å². The van der Waals surface area contributed by atoms with E-state index >= 15 is 0 Å². The van der Waals surface area contributed by atoms with E-state index in [2.05, 4.69) is 44.6 Å². The summed E-state index contributed by atoms with van der Waals surface area (Å²) in [5, 5.41) is 16.9. The van der Waals surface area contributed by atoms with Gasteiger partial charge in [-0.2, -0.15) is 0 Å². The van der Waals surface area contributed by atoms with Gasteiger partial charge in [0.2, 0.25) is 10.0 Å².